The van der Waals surface area contributed by atoms with Crippen molar-refractivity contribution in [1.82, 2.24) is 14.6 Å². The molecule has 0 aliphatic heterocycles. The van der Waals surface area contributed by atoms with Crippen molar-refractivity contribution in [1.29, 1.82) is 0 Å². The van der Waals surface area contributed by atoms with Gasteiger partial charge in [0.1, 0.15) is 0 Å². The van der Waals surface area contributed by atoms with Crippen LogP contribution in [0.1, 0.15) is 25.5 Å². The quantitative estimate of drug-likeness (QED) is 0.727. The average Bonchev–Trinajstić information content (AvgIpc) is 2.58. The largest absolute Gasteiger partial charge is 0.480 e. The predicted octanol–water partition coefficient (Wildman–Crippen LogP) is 1.86. The molecule has 0 aromatic carbocycles. The molecule has 0 spiro atoms. The zero-order valence-corrected chi connectivity index (χ0v) is 8.56. The Morgan fingerprint density at radius 3 is 2.79 bits per heavy atom. The fraction of sp³-hybridized carbons (Fsp3) is 0.400. The van der Waals surface area contributed by atoms with E-state index in [1.54, 1.807) is 17.8 Å². The van der Waals surface area contributed by atoms with Crippen molar-refractivity contribution in [2.75, 3.05) is 7.11 Å². The second-order valence-electron chi connectivity index (χ2n) is 3.50. The molecule has 0 bridgehead atoms. The van der Waals surface area contributed by atoms with Crippen LogP contribution < -0.4 is 4.74 Å². The van der Waals surface area contributed by atoms with E-state index in [0.29, 0.717) is 11.8 Å². The topological polar surface area (TPSA) is 39.4 Å². The zero-order chi connectivity index (χ0) is 10.1. The molecule has 2 aromatic rings. The number of rotatable bonds is 2. The Morgan fingerprint density at radius 2 is 2.14 bits per heavy atom. The van der Waals surface area contributed by atoms with Crippen molar-refractivity contribution in [3.8, 4) is 5.88 Å². The highest BCUT2D eigenvalue weighted by molar-refractivity contribution is 5.40. The van der Waals surface area contributed by atoms with Crippen LogP contribution in [0.4, 0.5) is 0 Å². The number of ether oxygens (including phenoxy) is 1. The van der Waals surface area contributed by atoms with Crippen LogP contribution in [0.5, 0.6) is 5.88 Å². The first kappa shape index (κ1) is 8.99. The van der Waals surface area contributed by atoms with E-state index in [2.05, 4.69) is 23.9 Å². The molecule has 0 fully saturated rings. The summed E-state index contributed by atoms with van der Waals surface area (Å²) in [5, 5.41) is 4.42. The van der Waals surface area contributed by atoms with Crippen LogP contribution in [0.2, 0.25) is 0 Å². The maximum atomic E-state index is 5.03. The molecule has 14 heavy (non-hydrogen) atoms. The fourth-order valence-corrected chi connectivity index (χ4v) is 1.28. The molecular formula is C10H13N3O. The Labute approximate surface area is 82.5 Å². The molecule has 0 saturated carbocycles. The van der Waals surface area contributed by atoms with E-state index in [1.807, 2.05) is 12.1 Å². The molecule has 4 heteroatoms. The number of methoxy groups -OCH3 is 1. The number of hydrogen-bond acceptors (Lipinski definition) is 3. The smallest absolute Gasteiger partial charge is 0.234 e. The van der Waals surface area contributed by atoms with E-state index < -0.39 is 0 Å². The van der Waals surface area contributed by atoms with Gasteiger partial charge in [0.25, 0.3) is 0 Å². The van der Waals surface area contributed by atoms with Crippen molar-refractivity contribution in [2.45, 2.75) is 19.8 Å². The Morgan fingerprint density at radius 1 is 1.36 bits per heavy atom. The molecule has 0 unspecified atom stereocenters. The molecule has 0 atom stereocenters. The predicted molar refractivity (Wildman–Crippen MR) is 53.6 cm³/mol. The number of aromatic nitrogens is 3. The molecule has 74 valence electrons. The fourth-order valence-electron chi connectivity index (χ4n) is 1.28. The van der Waals surface area contributed by atoms with Gasteiger partial charge in [-0.3, -0.25) is 0 Å². The van der Waals surface area contributed by atoms with E-state index in [1.165, 1.54) is 0 Å². The van der Waals surface area contributed by atoms with E-state index in [0.717, 1.165) is 11.3 Å². The van der Waals surface area contributed by atoms with Gasteiger partial charge in [-0.2, -0.15) is 10.1 Å². The summed E-state index contributed by atoms with van der Waals surface area (Å²) in [6.45, 7) is 4.23. The number of fused-ring (bicyclic) bond motifs is 1. The Kier molecular flexibility index (Phi) is 2.11. The summed E-state index contributed by atoms with van der Waals surface area (Å²) in [4.78, 5) is 4.21. The first-order chi connectivity index (χ1) is 6.70. The first-order valence-electron chi connectivity index (χ1n) is 4.61. The van der Waals surface area contributed by atoms with Gasteiger partial charge < -0.3 is 4.74 Å². The Balaban J connectivity index is 2.54. The monoisotopic (exact) mass is 191 g/mol. The van der Waals surface area contributed by atoms with Gasteiger partial charge in [-0.25, -0.2) is 4.52 Å². The van der Waals surface area contributed by atoms with Crippen molar-refractivity contribution in [2.24, 2.45) is 0 Å². The second-order valence-corrected chi connectivity index (χ2v) is 3.50. The lowest BCUT2D eigenvalue weighted by Crippen LogP contribution is -1.98. The van der Waals surface area contributed by atoms with Crippen LogP contribution in [0.3, 0.4) is 0 Å². The summed E-state index contributed by atoms with van der Waals surface area (Å²) in [6.07, 6.45) is 1.78. The van der Waals surface area contributed by atoms with Gasteiger partial charge in [-0.1, -0.05) is 13.8 Å². The minimum absolute atomic E-state index is 0.424. The van der Waals surface area contributed by atoms with Gasteiger partial charge in [-0.05, 0) is 18.1 Å². The second kappa shape index (κ2) is 3.29. The van der Waals surface area contributed by atoms with Crippen molar-refractivity contribution in [3.63, 3.8) is 0 Å². The molecule has 0 N–H and O–H groups in total. The summed E-state index contributed by atoms with van der Waals surface area (Å²) in [5.74, 6) is 1.02. The van der Waals surface area contributed by atoms with Crippen LogP contribution in [0.25, 0.3) is 5.65 Å². The third kappa shape index (κ3) is 1.43. The lowest BCUT2D eigenvalue weighted by Gasteiger charge is -2.02. The number of imidazole rings is 1. The highest BCUT2D eigenvalue weighted by atomic mass is 16.5. The molecule has 0 aliphatic carbocycles. The van der Waals surface area contributed by atoms with Gasteiger partial charge in [-0.15, -0.1) is 0 Å². The molecule has 0 amide bonds. The molecule has 2 rings (SSSR count). The molecule has 4 nitrogen and oxygen atoms in total. The maximum Gasteiger partial charge on any atom is 0.234 e. The first-order valence-corrected chi connectivity index (χ1v) is 4.61. The number of hydrogen-bond donors (Lipinski definition) is 0. The standard InChI is InChI=1S/C10H13N3O/c1-7(2)8-4-5-9-11-10(14-3)6-13(9)12-8/h4-7H,1-3H3. The van der Waals surface area contributed by atoms with Gasteiger partial charge in [0.15, 0.2) is 5.65 Å². The summed E-state index contributed by atoms with van der Waals surface area (Å²) in [7, 11) is 1.60. The Bertz CT molecular complexity index is 448. The minimum Gasteiger partial charge on any atom is -0.480 e. The van der Waals surface area contributed by atoms with Gasteiger partial charge in [0.2, 0.25) is 5.88 Å². The van der Waals surface area contributed by atoms with E-state index >= 15 is 0 Å². The van der Waals surface area contributed by atoms with Crippen LogP contribution in [0.15, 0.2) is 18.3 Å². The summed E-state index contributed by atoms with van der Waals surface area (Å²) < 4.78 is 6.77. The van der Waals surface area contributed by atoms with Gasteiger partial charge in [0, 0.05) is 0 Å². The highest BCUT2D eigenvalue weighted by Gasteiger charge is 2.05. The van der Waals surface area contributed by atoms with Gasteiger partial charge >= 0.3 is 0 Å². The van der Waals surface area contributed by atoms with Gasteiger partial charge in [0.05, 0.1) is 19.0 Å². The lowest BCUT2D eigenvalue weighted by molar-refractivity contribution is 0.400. The normalized spacial score (nSPS) is 11.1. The number of nitrogens with zero attached hydrogens (tertiary/aromatic N) is 3. The SMILES string of the molecule is COc1cn2nc(C(C)C)ccc2n1. The van der Waals surface area contributed by atoms with E-state index in [9.17, 15) is 0 Å². The third-order valence-electron chi connectivity index (χ3n) is 2.12. The molecule has 0 radical (unpaired) electrons. The van der Waals surface area contributed by atoms with E-state index in [4.69, 9.17) is 4.74 Å². The maximum absolute atomic E-state index is 5.03. The molecule has 2 heterocycles. The van der Waals surface area contributed by atoms with Crippen molar-refractivity contribution >= 4 is 5.65 Å². The summed E-state index contributed by atoms with van der Waals surface area (Å²) in [6, 6.07) is 3.94. The molecular weight excluding hydrogens is 178 g/mol. The van der Waals surface area contributed by atoms with Crippen LogP contribution in [-0.4, -0.2) is 21.7 Å². The van der Waals surface area contributed by atoms with E-state index in [-0.39, 0.29) is 0 Å². The van der Waals surface area contributed by atoms with Crippen LogP contribution >= 0.6 is 0 Å². The Hall–Kier alpha value is -1.58. The highest BCUT2D eigenvalue weighted by Crippen LogP contribution is 2.14. The molecule has 0 aliphatic rings. The summed E-state index contributed by atoms with van der Waals surface area (Å²) in [5.41, 5.74) is 1.86. The van der Waals surface area contributed by atoms with Crippen molar-refractivity contribution in [3.05, 3.63) is 24.0 Å². The zero-order valence-electron chi connectivity index (χ0n) is 8.56. The molecule has 0 saturated heterocycles. The molecule has 2 aromatic heterocycles. The van der Waals surface area contributed by atoms with Crippen molar-refractivity contribution < 1.29 is 4.74 Å². The third-order valence-corrected chi connectivity index (χ3v) is 2.12. The van der Waals surface area contributed by atoms with Crippen LogP contribution in [0, 0.1) is 0 Å². The van der Waals surface area contributed by atoms with Crippen LogP contribution in [-0.2, 0) is 0 Å². The minimum atomic E-state index is 0.424. The average molecular weight is 191 g/mol. The lowest BCUT2D eigenvalue weighted by atomic mass is 10.1. The summed E-state index contributed by atoms with van der Waals surface area (Å²) >= 11 is 0.